The fourth-order valence-corrected chi connectivity index (χ4v) is 3.35. The first-order chi connectivity index (χ1) is 14.2. The molecule has 31 heavy (non-hydrogen) atoms. The van der Waals surface area contributed by atoms with Gasteiger partial charge in [0.2, 0.25) is 11.9 Å². The van der Waals surface area contributed by atoms with Crippen LogP contribution >= 0.6 is 0 Å². The summed E-state index contributed by atoms with van der Waals surface area (Å²) >= 11 is 0. The van der Waals surface area contributed by atoms with Crippen molar-refractivity contribution >= 4 is 27.4 Å². The van der Waals surface area contributed by atoms with E-state index in [0.717, 1.165) is 0 Å². The molecule has 2 aromatic carbocycles. The fraction of sp³-hybridized carbons (Fsp3) is 0.125. The van der Waals surface area contributed by atoms with Gasteiger partial charge in [-0.2, -0.15) is 31.3 Å². The number of aromatic amines is 1. The topological polar surface area (TPSA) is 114 Å². The molecule has 15 heteroatoms. The van der Waals surface area contributed by atoms with Gasteiger partial charge in [0, 0.05) is 11.3 Å². The molecule has 166 valence electrons. The number of rotatable bonds is 4. The summed E-state index contributed by atoms with van der Waals surface area (Å²) in [6.45, 7) is 0. The number of sulfone groups is 1. The molecule has 0 aliphatic rings. The van der Waals surface area contributed by atoms with Gasteiger partial charge in [0.05, 0.1) is 10.5 Å². The summed E-state index contributed by atoms with van der Waals surface area (Å²) < 4.78 is 116. The predicted molar refractivity (Wildman–Crippen MR) is 94.2 cm³/mol. The maximum Gasteiger partial charge on any atom is 0.501 e. The van der Waals surface area contributed by atoms with Crippen LogP contribution in [0.4, 0.5) is 48.3 Å². The Labute approximate surface area is 169 Å². The second-order valence-electron chi connectivity index (χ2n) is 6.02. The lowest BCUT2D eigenvalue weighted by Crippen LogP contribution is -2.23. The van der Waals surface area contributed by atoms with Crippen LogP contribution in [0.15, 0.2) is 41.3 Å². The third-order valence-electron chi connectivity index (χ3n) is 3.91. The van der Waals surface area contributed by atoms with Gasteiger partial charge < -0.3 is 11.1 Å². The highest BCUT2D eigenvalue weighted by Gasteiger charge is 2.46. The highest BCUT2D eigenvalue weighted by atomic mass is 32.2. The minimum absolute atomic E-state index is 0.149. The standard InChI is InChI=1S/C16H10F7N5O2S/c17-11-6-8(25-14-26-13(24)27-28-14)5-10(15(18,19)20)12(11)7-1-3-9(4-2-7)31(29,30)16(21,22)23/h1-6H,(H4,24,25,26,27,28). The van der Waals surface area contributed by atoms with Crippen molar-refractivity contribution in [2.45, 2.75) is 16.6 Å². The number of nitrogen functional groups attached to an aromatic ring is 1. The lowest BCUT2D eigenvalue weighted by molar-refractivity contribution is -0.137. The van der Waals surface area contributed by atoms with Gasteiger partial charge in [-0.15, -0.1) is 5.10 Å². The van der Waals surface area contributed by atoms with Gasteiger partial charge in [-0.3, -0.25) is 0 Å². The Morgan fingerprint density at radius 1 is 1.00 bits per heavy atom. The summed E-state index contributed by atoms with van der Waals surface area (Å²) in [5.41, 5.74) is -3.63. The molecular formula is C16H10F7N5O2S. The minimum atomic E-state index is -5.72. The van der Waals surface area contributed by atoms with E-state index in [0.29, 0.717) is 36.4 Å². The van der Waals surface area contributed by atoms with Crippen molar-refractivity contribution in [1.29, 1.82) is 0 Å². The van der Waals surface area contributed by atoms with Gasteiger partial charge in [0.25, 0.3) is 9.84 Å². The number of nitrogens with one attached hydrogen (secondary N) is 2. The molecule has 0 spiro atoms. The maximum absolute atomic E-state index is 14.6. The molecule has 0 aliphatic heterocycles. The normalized spacial score (nSPS) is 12.7. The van der Waals surface area contributed by atoms with Crippen molar-refractivity contribution in [3.05, 3.63) is 47.8 Å². The number of H-pyrrole nitrogens is 1. The molecule has 3 rings (SSSR count). The minimum Gasteiger partial charge on any atom is -0.368 e. The van der Waals surface area contributed by atoms with Crippen LogP contribution in [0.5, 0.6) is 0 Å². The van der Waals surface area contributed by atoms with Crippen LogP contribution < -0.4 is 11.1 Å². The Morgan fingerprint density at radius 2 is 1.61 bits per heavy atom. The zero-order chi connectivity index (χ0) is 23.2. The van der Waals surface area contributed by atoms with Gasteiger partial charge in [0.15, 0.2) is 0 Å². The summed E-state index contributed by atoms with van der Waals surface area (Å²) in [4.78, 5) is 2.41. The SMILES string of the molecule is Nc1nc(Nc2cc(F)c(-c3ccc(S(=O)(=O)C(F)(F)F)cc3)c(C(F)(F)F)c2)n[nH]1. The Morgan fingerprint density at radius 3 is 2.10 bits per heavy atom. The average Bonchev–Trinajstić information content (AvgIpc) is 3.04. The van der Waals surface area contributed by atoms with Crippen LogP contribution in [0, 0.1) is 5.82 Å². The molecule has 0 saturated carbocycles. The number of halogens is 7. The smallest absolute Gasteiger partial charge is 0.368 e. The third kappa shape index (κ3) is 4.40. The van der Waals surface area contributed by atoms with Crippen LogP contribution in [-0.2, 0) is 16.0 Å². The van der Waals surface area contributed by atoms with E-state index in [-0.39, 0.29) is 17.6 Å². The molecule has 0 saturated heterocycles. The van der Waals surface area contributed by atoms with Crippen molar-refractivity contribution in [2.75, 3.05) is 11.1 Å². The second-order valence-corrected chi connectivity index (χ2v) is 7.96. The lowest BCUT2D eigenvalue weighted by Gasteiger charge is -2.16. The first kappa shape index (κ1) is 22.3. The lowest BCUT2D eigenvalue weighted by atomic mass is 9.98. The van der Waals surface area contributed by atoms with Crippen LogP contribution in [0.3, 0.4) is 0 Å². The average molecular weight is 469 g/mol. The predicted octanol–water partition coefficient (Wildman–Crippen LogP) is 4.25. The highest BCUT2D eigenvalue weighted by molar-refractivity contribution is 7.92. The van der Waals surface area contributed by atoms with Crippen molar-refractivity contribution in [2.24, 2.45) is 0 Å². The Bertz CT molecular complexity index is 1220. The Balaban J connectivity index is 2.08. The van der Waals surface area contributed by atoms with Crippen molar-refractivity contribution in [3.63, 3.8) is 0 Å². The van der Waals surface area contributed by atoms with Crippen molar-refractivity contribution in [3.8, 4) is 11.1 Å². The molecule has 0 radical (unpaired) electrons. The molecule has 1 heterocycles. The van der Waals surface area contributed by atoms with E-state index in [4.69, 9.17) is 5.73 Å². The number of anilines is 3. The van der Waals surface area contributed by atoms with Gasteiger partial charge >= 0.3 is 11.7 Å². The van der Waals surface area contributed by atoms with E-state index < -0.39 is 48.9 Å². The first-order valence-electron chi connectivity index (χ1n) is 7.97. The maximum atomic E-state index is 14.6. The molecule has 4 N–H and O–H groups in total. The molecule has 0 fully saturated rings. The second kappa shape index (κ2) is 7.40. The van der Waals surface area contributed by atoms with Gasteiger partial charge in [-0.1, -0.05) is 12.1 Å². The number of hydrogen-bond donors (Lipinski definition) is 3. The number of nitrogens with two attached hydrogens (primary N) is 1. The number of alkyl halides is 6. The van der Waals surface area contributed by atoms with E-state index in [1.165, 1.54) is 0 Å². The summed E-state index contributed by atoms with van der Waals surface area (Å²) in [5, 5.41) is 8.09. The molecule has 7 nitrogen and oxygen atoms in total. The summed E-state index contributed by atoms with van der Waals surface area (Å²) in [5.74, 6) is -1.77. The molecular weight excluding hydrogens is 459 g/mol. The molecule has 0 atom stereocenters. The van der Waals surface area contributed by atoms with Crippen LogP contribution in [-0.4, -0.2) is 29.1 Å². The number of hydrogen-bond acceptors (Lipinski definition) is 6. The largest absolute Gasteiger partial charge is 0.501 e. The van der Waals surface area contributed by atoms with E-state index >= 15 is 0 Å². The molecule has 0 aliphatic carbocycles. The zero-order valence-corrected chi connectivity index (χ0v) is 15.6. The van der Waals surface area contributed by atoms with Crippen LogP contribution in [0.2, 0.25) is 0 Å². The molecule has 0 bridgehead atoms. The van der Waals surface area contributed by atoms with Crippen molar-refractivity contribution < 1.29 is 39.2 Å². The van der Waals surface area contributed by atoms with Gasteiger partial charge in [-0.25, -0.2) is 17.9 Å². The number of aromatic nitrogens is 3. The van der Waals surface area contributed by atoms with E-state index in [1.807, 2.05) is 0 Å². The molecule has 1 aromatic heterocycles. The Hall–Kier alpha value is -3.36. The summed E-state index contributed by atoms with van der Waals surface area (Å²) in [7, 11) is -5.72. The van der Waals surface area contributed by atoms with E-state index in [9.17, 15) is 39.2 Å². The highest BCUT2D eigenvalue weighted by Crippen LogP contribution is 2.41. The third-order valence-corrected chi connectivity index (χ3v) is 5.41. The summed E-state index contributed by atoms with van der Waals surface area (Å²) in [6, 6.07) is 3.40. The molecule has 0 amide bonds. The monoisotopic (exact) mass is 469 g/mol. The van der Waals surface area contributed by atoms with Crippen LogP contribution in [0.1, 0.15) is 5.56 Å². The number of nitrogens with zero attached hydrogens (tertiary/aromatic N) is 2. The van der Waals surface area contributed by atoms with Crippen molar-refractivity contribution in [1.82, 2.24) is 15.2 Å². The molecule has 0 unspecified atom stereocenters. The quantitative estimate of drug-likeness (QED) is 0.493. The van der Waals surface area contributed by atoms with E-state index in [1.54, 1.807) is 0 Å². The van der Waals surface area contributed by atoms with Gasteiger partial charge in [0.1, 0.15) is 5.82 Å². The Kier molecular flexibility index (Phi) is 5.33. The fourth-order valence-electron chi connectivity index (χ4n) is 2.59. The van der Waals surface area contributed by atoms with E-state index in [2.05, 4.69) is 20.5 Å². The summed E-state index contributed by atoms with van der Waals surface area (Å²) in [6.07, 6.45) is -5.07. The first-order valence-corrected chi connectivity index (χ1v) is 9.46. The van der Waals surface area contributed by atoms with Gasteiger partial charge in [-0.05, 0) is 29.8 Å². The zero-order valence-electron chi connectivity index (χ0n) is 14.8. The van der Waals surface area contributed by atoms with Crippen LogP contribution in [0.25, 0.3) is 11.1 Å². The number of benzene rings is 2. The molecule has 3 aromatic rings.